The normalized spacial score (nSPS) is 15.8. The van der Waals surface area contributed by atoms with Crippen molar-refractivity contribution >= 4 is 21.6 Å². The van der Waals surface area contributed by atoms with Crippen molar-refractivity contribution in [3.8, 4) is 5.75 Å². The van der Waals surface area contributed by atoms with Crippen LogP contribution in [-0.4, -0.2) is 62.9 Å². The third-order valence-electron chi connectivity index (χ3n) is 5.13. The number of alkyl halides is 2. The van der Waals surface area contributed by atoms with E-state index in [2.05, 4.69) is 10.1 Å². The van der Waals surface area contributed by atoms with E-state index >= 15 is 0 Å². The van der Waals surface area contributed by atoms with Crippen molar-refractivity contribution < 1.29 is 26.7 Å². The van der Waals surface area contributed by atoms with E-state index in [4.69, 9.17) is 0 Å². The monoisotopic (exact) mass is 453 g/mol. The van der Waals surface area contributed by atoms with Gasteiger partial charge in [-0.1, -0.05) is 23.8 Å². The first kappa shape index (κ1) is 23.1. The SMILES string of the molecule is Cc1ccc(S(=O)(=O)N2CCN(CC(=O)Nc3cccc(OC(F)F)c3C)CC2)cc1. The number of carbonyl (C=O) groups excluding carboxylic acids is 1. The molecule has 0 bridgehead atoms. The molecule has 168 valence electrons. The summed E-state index contributed by atoms with van der Waals surface area (Å²) in [5.41, 5.74) is 1.78. The quantitative estimate of drug-likeness (QED) is 0.698. The van der Waals surface area contributed by atoms with E-state index in [1.165, 1.54) is 16.4 Å². The number of carbonyl (C=O) groups is 1. The van der Waals surface area contributed by atoms with E-state index in [0.717, 1.165) is 5.56 Å². The molecule has 0 aliphatic carbocycles. The Morgan fingerprint density at radius 1 is 1.06 bits per heavy atom. The van der Waals surface area contributed by atoms with Crippen molar-refractivity contribution in [2.45, 2.75) is 25.4 Å². The average Bonchev–Trinajstić information content (AvgIpc) is 2.71. The second kappa shape index (κ2) is 9.71. The van der Waals surface area contributed by atoms with E-state index in [-0.39, 0.29) is 36.2 Å². The van der Waals surface area contributed by atoms with Crippen LogP contribution >= 0.6 is 0 Å². The highest BCUT2D eigenvalue weighted by Gasteiger charge is 2.29. The number of halogens is 2. The third-order valence-corrected chi connectivity index (χ3v) is 7.04. The molecule has 0 aromatic heterocycles. The predicted octanol–water partition coefficient (Wildman–Crippen LogP) is 2.85. The molecule has 1 heterocycles. The van der Waals surface area contributed by atoms with Gasteiger partial charge in [0, 0.05) is 37.4 Å². The summed E-state index contributed by atoms with van der Waals surface area (Å²) >= 11 is 0. The molecule has 3 rings (SSSR count). The summed E-state index contributed by atoms with van der Waals surface area (Å²) in [6.45, 7) is 1.97. The molecule has 2 aromatic rings. The largest absolute Gasteiger partial charge is 0.434 e. The topological polar surface area (TPSA) is 79.0 Å². The Balaban J connectivity index is 1.55. The van der Waals surface area contributed by atoms with Crippen molar-refractivity contribution in [2.24, 2.45) is 0 Å². The van der Waals surface area contributed by atoms with Gasteiger partial charge in [-0.15, -0.1) is 0 Å². The number of benzene rings is 2. The first-order valence-electron chi connectivity index (χ1n) is 9.80. The lowest BCUT2D eigenvalue weighted by Crippen LogP contribution is -2.50. The van der Waals surface area contributed by atoms with Crippen LogP contribution < -0.4 is 10.1 Å². The zero-order chi connectivity index (χ0) is 22.6. The highest BCUT2D eigenvalue weighted by molar-refractivity contribution is 7.89. The molecule has 1 amide bonds. The summed E-state index contributed by atoms with van der Waals surface area (Å²) in [6.07, 6.45) is 0. The molecule has 1 aliphatic rings. The summed E-state index contributed by atoms with van der Waals surface area (Å²) in [5.74, 6) is -0.310. The molecule has 1 saturated heterocycles. The third kappa shape index (κ3) is 5.78. The summed E-state index contributed by atoms with van der Waals surface area (Å²) in [6, 6.07) is 11.3. The van der Waals surface area contributed by atoms with Gasteiger partial charge in [-0.05, 0) is 38.1 Å². The molecule has 0 spiro atoms. The maximum atomic E-state index is 12.8. The van der Waals surface area contributed by atoms with Crippen molar-refractivity contribution in [1.82, 2.24) is 9.21 Å². The Kier molecular flexibility index (Phi) is 7.24. The van der Waals surface area contributed by atoms with E-state index in [0.29, 0.717) is 24.3 Å². The van der Waals surface area contributed by atoms with E-state index < -0.39 is 16.6 Å². The zero-order valence-electron chi connectivity index (χ0n) is 17.3. The Bertz CT molecular complexity index is 1020. The summed E-state index contributed by atoms with van der Waals surface area (Å²) in [4.78, 5) is 14.5. The lowest BCUT2D eigenvalue weighted by molar-refractivity contribution is -0.117. The summed E-state index contributed by atoms with van der Waals surface area (Å²) < 4.78 is 56.4. The van der Waals surface area contributed by atoms with Gasteiger partial charge < -0.3 is 10.1 Å². The molecular weight excluding hydrogens is 428 g/mol. The molecular formula is C21H25F2N3O4S. The molecule has 7 nitrogen and oxygen atoms in total. The lowest BCUT2D eigenvalue weighted by atomic mass is 10.2. The highest BCUT2D eigenvalue weighted by Crippen LogP contribution is 2.27. The van der Waals surface area contributed by atoms with Gasteiger partial charge in [0.15, 0.2) is 0 Å². The number of nitrogens with one attached hydrogen (secondary N) is 1. The number of amides is 1. The molecule has 2 aromatic carbocycles. The van der Waals surface area contributed by atoms with Gasteiger partial charge in [0.2, 0.25) is 15.9 Å². The minimum atomic E-state index is -3.57. The highest BCUT2D eigenvalue weighted by atomic mass is 32.2. The Hall–Kier alpha value is -2.56. The maximum Gasteiger partial charge on any atom is 0.387 e. The van der Waals surface area contributed by atoms with Gasteiger partial charge in [-0.3, -0.25) is 9.69 Å². The standard InChI is InChI=1S/C21H25F2N3O4S/c1-15-6-8-17(9-7-15)31(28,29)26-12-10-25(11-13-26)14-20(27)24-18-4-3-5-19(16(18)2)30-21(22)23/h3-9,21H,10-14H2,1-2H3,(H,24,27). The van der Waals surface area contributed by atoms with Crippen molar-refractivity contribution in [2.75, 3.05) is 38.0 Å². The fourth-order valence-electron chi connectivity index (χ4n) is 3.35. The van der Waals surface area contributed by atoms with Crippen LogP contribution in [0, 0.1) is 13.8 Å². The number of hydrogen-bond donors (Lipinski definition) is 1. The number of sulfonamides is 1. The number of piperazine rings is 1. The van der Waals surface area contributed by atoms with E-state index in [9.17, 15) is 22.0 Å². The Morgan fingerprint density at radius 3 is 2.32 bits per heavy atom. The number of ether oxygens (including phenoxy) is 1. The zero-order valence-corrected chi connectivity index (χ0v) is 18.2. The van der Waals surface area contributed by atoms with Crippen LogP contribution in [0.1, 0.15) is 11.1 Å². The second-order valence-electron chi connectivity index (χ2n) is 7.35. The first-order valence-corrected chi connectivity index (χ1v) is 11.2. The van der Waals surface area contributed by atoms with Crippen LogP contribution in [0.2, 0.25) is 0 Å². The molecule has 0 saturated carbocycles. The second-order valence-corrected chi connectivity index (χ2v) is 9.29. The molecule has 1 fully saturated rings. The van der Waals surface area contributed by atoms with Gasteiger partial charge >= 0.3 is 6.61 Å². The van der Waals surface area contributed by atoms with Crippen LogP contribution in [0.25, 0.3) is 0 Å². The fraction of sp³-hybridized carbons (Fsp3) is 0.381. The first-order chi connectivity index (χ1) is 14.7. The Morgan fingerprint density at radius 2 is 1.71 bits per heavy atom. The van der Waals surface area contributed by atoms with Crippen molar-refractivity contribution in [3.05, 3.63) is 53.6 Å². The smallest absolute Gasteiger partial charge is 0.387 e. The molecule has 0 atom stereocenters. The molecule has 0 unspecified atom stereocenters. The van der Waals surface area contributed by atoms with Gasteiger partial charge in [-0.25, -0.2) is 8.42 Å². The lowest BCUT2D eigenvalue weighted by Gasteiger charge is -2.33. The summed E-state index contributed by atoms with van der Waals surface area (Å²) in [5, 5.41) is 2.71. The minimum Gasteiger partial charge on any atom is -0.434 e. The number of aryl methyl sites for hydroxylation is 1. The number of rotatable bonds is 7. The molecule has 1 aliphatic heterocycles. The van der Waals surface area contributed by atoms with E-state index in [1.54, 1.807) is 37.3 Å². The molecule has 10 heteroatoms. The summed E-state index contributed by atoms with van der Waals surface area (Å²) in [7, 11) is -3.57. The molecule has 0 radical (unpaired) electrons. The Labute approximate surface area is 180 Å². The number of hydrogen-bond acceptors (Lipinski definition) is 5. The van der Waals surface area contributed by atoms with Gasteiger partial charge in [0.05, 0.1) is 11.4 Å². The predicted molar refractivity (Wildman–Crippen MR) is 113 cm³/mol. The molecule has 31 heavy (non-hydrogen) atoms. The van der Waals surface area contributed by atoms with Crippen LogP contribution in [0.5, 0.6) is 5.75 Å². The van der Waals surface area contributed by atoms with Gasteiger partial charge in [0.1, 0.15) is 5.75 Å². The maximum absolute atomic E-state index is 12.8. The number of nitrogens with zero attached hydrogens (tertiary/aromatic N) is 2. The van der Waals surface area contributed by atoms with Gasteiger partial charge in [0.25, 0.3) is 0 Å². The minimum absolute atomic E-state index is 0.00252. The van der Waals surface area contributed by atoms with Crippen molar-refractivity contribution in [1.29, 1.82) is 0 Å². The van der Waals surface area contributed by atoms with Crippen LogP contribution in [-0.2, 0) is 14.8 Å². The average molecular weight is 454 g/mol. The van der Waals surface area contributed by atoms with E-state index in [1.807, 2.05) is 11.8 Å². The van der Waals surface area contributed by atoms with Crippen molar-refractivity contribution in [3.63, 3.8) is 0 Å². The van der Waals surface area contributed by atoms with Gasteiger partial charge in [-0.2, -0.15) is 13.1 Å². The fourth-order valence-corrected chi connectivity index (χ4v) is 4.78. The van der Waals surface area contributed by atoms with Crippen LogP contribution in [0.4, 0.5) is 14.5 Å². The molecule has 1 N–H and O–H groups in total. The van der Waals surface area contributed by atoms with Crippen LogP contribution in [0.3, 0.4) is 0 Å². The van der Waals surface area contributed by atoms with Crippen LogP contribution in [0.15, 0.2) is 47.4 Å². The number of anilines is 1.